The van der Waals surface area contributed by atoms with E-state index in [4.69, 9.17) is 0 Å². The number of hydrogen-bond acceptors (Lipinski definition) is 3. The van der Waals surface area contributed by atoms with Gasteiger partial charge in [-0.05, 0) is 24.6 Å². The molecule has 0 saturated carbocycles. The molecule has 0 bridgehead atoms. The molecular formula is C16H15NO2. The minimum Gasteiger partial charge on any atom is -0.506 e. The van der Waals surface area contributed by atoms with Crippen molar-refractivity contribution in [2.75, 3.05) is 5.32 Å². The fraction of sp³-hybridized carbons (Fsp3) is 0.0625. The van der Waals surface area contributed by atoms with Gasteiger partial charge in [0, 0.05) is 17.8 Å². The lowest BCUT2D eigenvalue weighted by molar-refractivity contribution is 0.104. The lowest BCUT2D eigenvalue weighted by Gasteiger charge is -2.04. The van der Waals surface area contributed by atoms with Crippen LogP contribution in [0.25, 0.3) is 0 Å². The van der Waals surface area contributed by atoms with Gasteiger partial charge in [-0.15, -0.1) is 0 Å². The highest BCUT2D eigenvalue weighted by molar-refractivity contribution is 6.04. The summed E-state index contributed by atoms with van der Waals surface area (Å²) < 4.78 is 0. The Morgan fingerprint density at radius 1 is 1.16 bits per heavy atom. The van der Waals surface area contributed by atoms with Crippen molar-refractivity contribution < 1.29 is 9.90 Å². The second-order valence-corrected chi connectivity index (χ2v) is 4.23. The number of ketones is 1. The van der Waals surface area contributed by atoms with E-state index in [2.05, 4.69) is 5.32 Å². The molecule has 3 heteroatoms. The van der Waals surface area contributed by atoms with Crippen LogP contribution >= 0.6 is 0 Å². The molecule has 3 nitrogen and oxygen atoms in total. The molecule has 0 unspecified atom stereocenters. The number of benzene rings is 2. The average Bonchev–Trinajstić information content (AvgIpc) is 2.43. The molecule has 2 N–H and O–H groups in total. The highest BCUT2D eigenvalue weighted by atomic mass is 16.3. The Kier molecular flexibility index (Phi) is 3.98. The van der Waals surface area contributed by atoms with E-state index in [9.17, 15) is 9.90 Å². The summed E-state index contributed by atoms with van der Waals surface area (Å²) in [6.45, 7) is 1.93. The van der Waals surface area contributed by atoms with E-state index in [0.29, 0.717) is 11.3 Å². The maximum atomic E-state index is 11.8. The zero-order chi connectivity index (χ0) is 13.7. The first-order valence-corrected chi connectivity index (χ1v) is 5.99. The number of phenolic OH excluding ortho intramolecular Hbond substituents is 1. The monoisotopic (exact) mass is 253 g/mol. The third-order valence-electron chi connectivity index (χ3n) is 2.68. The van der Waals surface area contributed by atoms with Crippen LogP contribution in [0.2, 0.25) is 0 Å². The van der Waals surface area contributed by atoms with Crippen molar-refractivity contribution >= 4 is 11.5 Å². The Hall–Kier alpha value is -2.55. The summed E-state index contributed by atoms with van der Waals surface area (Å²) in [5.41, 5.74) is 2.24. The summed E-state index contributed by atoms with van der Waals surface area (Å²) in [6, 6.07) is 14.3. The molecule has 0 atom stereocenters. The predicted molar refractivity (Wildman–Crippen MR) is 76.4 cm³/mol. The third kappa shape index (κ3) is 3.45. The predicted octanol–water partition coefficient (Wildman–Crippen LogP) is 3.51. The van der Waals surface area contributed by atoms with Gasteiger partial charge in [0.2, 0.25) is 0 Å². The normalized spacial score (nSPS) is 10.6. The number of allylic oxidation sites excluding steroid dienone is 1. The molecule has 0 saturated heterocycles. The Morgan fingerprint density at radius 3 is 2.63 bits per heavy atom. The van der Waals surface area contributed by atoms with Crippen molar-refractivity contribution in [3.63, 3.8) is 0 Å². The first kappa shape index (κ1) is 12.9. The number of anilines is 1. The second-order valence-electron chi connectivity index (χ2n) is 4.23. The highest BCUT2D eigenvalue weighted by Crippen LogP contribution is 2.23. The van der Waals surface area contributed by atoms with E-state index in [-0.39, 0.29) is 11.5 Å². The van der Waals surface area contributed by atoms with E-state index in [1.165, 1.54) is 12.3 Å². The molecular weight excluding hydrogens is 238 g/mol. The molecule has 0 radical (unpaired) electrons. The number of aryl methyl sites for hydroxylation is 1. The van der Waals surface area contributed by atoms with Gasteiger partial charge in [0.25, 0.3) is 0 Å². The van der Waals surface area contributed by atoms with Gasteiger partial charge in [0.15, 0.2) is 5.78 Å². The van der Waals surface area contributed by atoms with Crippen molar-refractivity contribution in [1.29, 1.82) is 0 Å². The van der Waals surface area contributed by atoms with Crippen LogP contribution in [0.5, 0.6) is 5.75 Å². The molecule has 2 aromatic carbocycles. The van der Waals surface area contributed by atoms with Crippen LogP contribution < -0.4 is 5.32 Å². The minimum atomic E-state index is -0.0831. The SMILES string of the molecule is Cc1ccc(O)c(N/C=C/C(=O)c2ccccc2)c1. The molecule has 0 aromatic heterocycles. The second kappa shape index (κ2) is 5.87. The summed E-state index contributed by atoms with van der Waals surface area (Å²) in [4.78, 5) is 11.8. The highest BCUT2D eigenvalue weighted by Gasteiger charge is 2.01. The van der Waals surface area contributed by atoms with Crippen LogP contribution in [0.1, 0.15) is 15.9 Å². The Balaban J connectivity index is 2.04. The molecule has 0 aliphatic rings. The van der Waals surface area contributed by atoms with Gasteiger partial charge >= 0.3 is 0 Å². The van der Waals surface area contributed by atoms with Crippen LogP contribution in [0.3, 0.4) is 0 Å². The fourth-order valence-corrected chi connectivity index (χ4v) is 1.67. The Labute approximate surface area is 112 Å². The van der Waals surface area contributed by atoms with Gasteiger partial charge in [-0.1, -0.05) is 36.4 Å². The number of aromatic hydroxyl groups is 1. The van der Waals surface area contributed by atoms with E-state index in [0.717, 1.165) is 5.56 Å². The van der Waals surface area contributed by atoms with Gasteiger partial charge in [0.05, 0.1) is 5.69 Å². The molecule has 0 heterocycles. The summed E-state index contributed by atoms with van der Waals surface area (Å²) in [7, 11) is 0. The summed E-state index contributed by atoms with van der Waals surface area (Å²) >= 11 is 0. The molecule has 96 valence electrons. The molecule has 0 aliphatic carbocycles. The van der Waals surface area contributed by atoms with E-state index in [1.54, 1.807) is 18.2 Å². The minimum absolute atomic E-state index is 0.0831. The third-order valence-corrected chi connectivity index (χ3v) is 2.68. The van der Waals surface area contributed by atoms with Gasteiger partial charge in [-0.25, -0.2) is 0 Å². The van der Waals surface area contributed by atoms with Gasteiger partial charge < -0.3 is 10.4 Å². The number of carbonyl (C=O) groups is 1. The molecule has 19 heavy (non-hydrogen) atoms. The van der Waals surface area contributed by atoms with Crippen molar-refractivity contribution in [2.45, 2.75) is 6.92 Å². The number of carbonyl (C=O) groups excluding carboxylic acids is 1. The van der Waals surface area contributed by atoms with E-state index >= 15 is 0 Å². The largest absolute Gasteiger partial charge is 0.506 e. The van der Waals surface area contributed by atoms with Crippen molar-refractivity contribution in [1.82, 2.24) is 0 Å². The van der Waals surface area contributed by atoms with Gasteiger partial charge in [-0.2, -0.15) is 0 Å². The first-order valence-electron chi connectivity index (χ1n) is 5.99. The van der Waals surface area contributed by atoms with Crippen LogP contribution in [-0.4, -0.2) is 10.9 Å². The van der Waals surface area contributed by atoms with Crippen molar-refractivity contribution in [2.24, 2.45) is 0 Å². The van der Waals surface area contributed by atoms with Crippen molar-refractivity contribution in [3.05, 3.63) is 71.9 Å². The quantitative estimate of drug-likeness (QED) is 0.498. The van der Waals surface area contributed by atoms with Crippen LogP contribution in [0.15, 0.2) is 60.8 Å². The van der Waals surface area contributed by atoms with E-state index in [1.807, 2.05) is 37.3 Å². The van der Waals surface area contributed by atoms with Crippen LogP contribution in [-0.2, 0) is 0 Å². The number of hydrogen-bond donors (Lipinski definition) is 2. The topological polar surface area (TPSA) is 49.3 Å². The number of rotatable bonds is 4. The summed E-state index contributed by atoms with van der Waals surface area (Å²) in [5.74, 6) is 0.0719. The standard InChI is InChI=1S/C16H15NO2/c1-12-7-8-16(19)14(11-12)17-10-9-15(18)13-5-3-2-4-6-13/h2-11,17,19H,1H3/b10-9+. The Morgan fingerprint density at radius 2 is 1.89 bits per heavy atom. The van der Waals surface area contributed by atoms with Crippen molar-refractivity contribution in [3.8, 4) is 5.75 Å². The average molecular weight is 253 g/mol. The zero-order valence-corrected chi connectivity index (χ0v) is 10.6. The summed E-state index contributed by atoms with van der Waals surface area (Å²) in [6.07, 6.45) is 2.97. The molecule has 0 spiro atoms. The zero-order valence-electron chi connectivity index (χ0n) is 10.6. The maximum Gasteiger partial charge on any atom is 0.187 e. The molecule has 2 aromatic rings. The number of nitrogens with one attached hydrogen (secondary N) is 1. The summed E-state index contributed by atoms with van der Waals surface area (Å²) in [5, 5.41) is 12.5. The fourth-order valence-electron chi connectivity index (χ4n) is 1.67. The first-order chi connectivity index (χ1) is 9.16. The van der Waals surface area contributed by atoms with Crippen LogP contribution in [0.4, 0.5) is 5.69 Å². The maximum absolute atomic E-state index is 11.8. The molecule has 0 amide bonds. The lowest BCUT2D eigenvalue weighted by Crippen LogP contribution is -1.96. The molecule has 0 aliphatic heterocycles. The van der Waals surface area contributed by atoms with Crippen LogP contribution in [0, 0.1) is 6.92 Å². The van der Waals surface area contributed by atoms with Gasteiger partial charge in [-0.3, -0.25) is 4.79 Å². The molecule has 0 fully saturated rings. The smallest absolute Gasteiger partial charge is 0.187 e. The molecule has 2 rings (SSSR count). The van der Waals surface area contributed by atoms with Gasteiger partial charge in [0.1, 0.15) is 5.75 Å². The van der Waals surface area contributed by atoms with E-state index < -0.39 is 0 Å². The Bertz CT molecular complexity index is 603. The lowest BCUT2D eigenvalue weighted by atomic mass is 10.1. The number of phenols is 1.